The molecule has 0 aliphatic heterocycles. The molecule has 8 nitrogen and oxygen atoms in total. The van der Waals surface area contributed by atoms with Crippen molar-refractivity contribution in [3.05, 3.63) is 35.4 Å². The van der Waals surface area contributed by atoms with Crippen molar-refractivity contribution in [2.24, 2.45) is 11.8 Å². The zero-order valence-electron chi connectivity index (χ0n) is 15.1. The van der Waals surface area contributed by atoms with Crippen LogP contribution in [0.15, 0.2) is 29.4 Å². The number of thioether (sulfide) groups is 1. The topological polar surface area (TPSA) is 102 Å². The highest BCUT2D eigenvalue weighted by atomic mass is 32.2. The molecule has 2 saturated carbocycles. The zero-order valence-corrected chi connectivity index (χ0v) is 15.9. The maximum Gasteiger partial charge on any atom is 0.269 e. The van der Waals surface area contributed by atoms with Crippen LogP contribution in [0.4, 0.5) is 0 Å². The van der Waals surface area contributed by atoms with Crippen LogP contribution in [-0.2, 0) is 4.79 Å². The maximum atomic E-state index is 12.1. The number of aromatic nitrogens is 4. The first kappa shape index (κ1) is 18.0. The molecule has 1 aromatic heterocycles. The Bertz CT molecular complexity index is 854. The largest absolute Gasteiger partial charge is 0.272 e. The molecule has 1 aromatic carbocycles. The molecule has 4 rings (SSSR count). The number of nitrogens with one attached hydrogen (secondary N) is 2. The predicted octanol–water partition coefficient (Wildman–Crippen LogP) is 1.90. The van der Waals surface area contributed by atoms with Crippen molar-refractivity contribution in [1.29, 1.82) is 0 Å². The Kier molecular flexibility index (Phi) is 5.11. The number of hydrogen-bond acceptors (Lipinski definition) is 6. The maximum absolute atomic E-state index is 12.1. The molecule has 2 N–H and O–H groups in total. The lowest BCUT2D eigenvalue weighted by Crippen LogP contribution is -2.42. The first-order chi connectivity index (χ1) is 13.1. The molecule has 2 aromatic rings. The predicted molar refractivity (Wildman–Crippen MR) is 99.8 cm³/mol. The summed E-state index contributed by atoms with van der Waals surface area (Å²) >= 11 is 1.29. The van der Waals surface area contributed by atoms with Gasteiger partial charge in [0.25, 0.3) is 5.91 Å². The minimum Gasteiger partial charge on any atom is -0.272 e. The number of benzene rings is 1. The lowest BCUT2D eigenvalue weighted by Gasteiger charge is -2.22. The molecule has 0 unspecified atom stereocenters. The summed E-state index contributed by atoms with van der Waals surface area (Å²) in [6.07, 6.45) is 4.95. The average molecular weight is 386 g/mol. The van der Waals surface area contributed by atoms with Crippen LogP contribution in [0.2, 0.25) is 0 Å². The lowest BCUT2D eigenvalue weighted by molar-refractivity contribution is -0.119. The fourth-order valence-electron chi connectivity index (χ4n) is 4.19. The highest BCUT2D eigenvalue weighted by Gasteiger charge is 2.42. The standard InChI is InChI=1S/C18H22N6O2S/c1-11-4-2-3-5-14(11)17(26)20-19-16(25)10-27-18-21-22-23-24(18)15-9-12-6-7-13(15)8-12/h2-5,12-13,15H,6-10H2,1H3,(H,19,25)(H,20,26)/t12-,13+,15-/m0/s1. The molecule has 2 bridgehead atoms. The number of tetrazole rings is 1. The van der Waals surface area contributed by atoms with Gasteiger partial charge in [0.2, 0.25) is 11.1 Å². The van der Waals surface area contributed by atoms with Crippen molar-refractivity contribution in [1.82, 2.24) is 31.1 Å². The molecule has 9 heteroatoms. The quantitative estimate of drug-likeness (QED) is 0.601. The monoisotopic (exact) mass is 386 g/mol. The highest BCUT2D eigenvalue weighted by molar-refractivity contribution is 7.99. The van der Waals surface area contributed by atoms with E-state index in [4.69, 9.17) is 0 Å². The number of amides is 2. The number of hydrazine groups is 1. The molecule has 3 atom stereocenters. The van der Waals surface area contributed by atoms with Crippen LogP contribution in [0.1, 0.15) is 47.6 Å². The fraction of sp³-hybridized carbons (Fsp3) is 0.500. The molecular weight excluding hydrogens is 364 g/mol. The minimum atomic E-state index is -0.335. The highest BCUT2D eigenvalue weighted by Crippen LogP contribution is 2.50. The van der Waals surface area contributed by atoms with Gasteiger partial charge in [0.05, 0.1) is 11.8 Å². The van der Waals surface area contributed by atoms with Crippen LogP contribution >= 0.6 is 11.8 Å². The summed E-state index contributed by atoms with van der Waals surface area (Å²) in [7, 11) is 0. The third-order valence-corrected chi connectivity index (χ3v) is 6.45. The smallest absolute Gasteiger partial charge is 0.269 e. The van der Waals surface area contributed by atoms with Gasteiger partial charge in [-0.05, 0) is 60.1 Å². The molecule has 2 aliphatic carbocycles. The zero-order chi connectivity index (χ0) is 18.8. The van der Waals surface area contributed by atoms with E-state index in [1.165, 1.54) is 31.0 Å². The van der Waals surface area contributed by atoms with Gasteiger partial charge in [-0.25, -0.2) is 4.68 Å². The summed E-state index contributed by atoms with van der Waals surface area (Å²) in [5.41, 5.74) is 6.28. The van der Waals surface area contributed by atoms with Crippen LogP contribution in [0, 0.1) is 18.8 Å². The Hall–Kier alpha value is -2.42. The van der Waals surface area contributed by atoms with Crippen molar-refractivity contribution in [2.45, 2.75) is 43.8 Å². The summed E-state index contributed by atoms with van der Waals surface area (Å²) in [5, 5.41) is 12.7. The van der Waals surface area contributed by atoms with Crippen LogP contribution < -0.4 is 10.9 Å². The van der Waals surface area contributed by atoms with E-state index in [0.717, 1.165) is 17.9 Å². The second-order valence-electron chi connectivity index (χ2n) is 7.25. The summed E-state index contributed by atoms with van der Waals surface area (Å²) < 4.78 is 1.88. The Labute approximate surface area is 161 Å². The second kappa shape index (κ2) is 7.67. The van der Waals surface area contributed by atoms with Gasteiger partial charge < -0.3 is 0 Å². The average Bonchev–Trinajstić information content (AvgIpc) is 3.41. The Morgan fingerprint density at radius 3 is 2.81 bits per heavy atom. The van der Waals surface area contributed by atoms with Gasteiger partial charge in [-0.2, -0.15) is 0 Å². The van der Waals surface area contributed by atoms with Gasteiger partial charge in [0, 0.05) is 5.56 Å². The molecule has 2 fully saturated rings. The van der Waals surface area contributed by atoms with E-state index in [0.29, 0.717) is 22.7 Å². The number of hydrogen-bond donors (Lipinski definition) is 2. The minimum absolute atomic E-state index is 0.134. The van der Waals surface area contributed by atoms with E-state index >= 15 is 0 Å². The Morgan fingerprint density at radius 2 is 2.07 bits per heavy atom. The van der Waals surface area contributed by atoms with Crippen molar-refractivity contribution in [2.75, 3.05) is 5.75 Å². The van der Waals surface area contributed by atoms with Gasteiger partial charge in [0.1, 0.15) is 0 Å². The number of aryl methyl sites for hydroxylation is 1. The summed E-state index contributed by atoms with van der Waals surface area (Å²) in [6, 6.07) is 7.57. The molecule has 0 radical (unpaired) electrons. The van der Waals surface area contributed by atoms with Crippen molar-refractivity contribution < 1.29 is 9.59 Å². The number of rotatable bonds is 5. The molecule has 0 spiro atoms. The van der Waals surface area contributed by atoms with E-state index in [2.05, 4.69) is 26.4 Å². The molecule has 2 amide bonds. The van der Waals surface area contributed by atoms with Crippen LogP contribution in [0.5, 0.6) is 0 Å². The van der Waals surface area contributed by atoms with Crippen molar-refractivity contribution >= 4 is 23.6 Å². The second-order valence-corrected chi connectivity index (χ2v) is 8.20. The van der Waals surface area contributed by atoms with E-state index < -0.39 is 0 Å². The third kappa shape index (κ3) is 3.83. The molecule has 27 heavy (non-hydrogen) atoms. The number of carbonyl (C=O) groups is 2. The van der Waals surface area contributed by atoms with Gasteiger partial charge in [-0.1, -0.05) is 36.4 Å². The van der Waals surface area contributed by atoms with E-state index in [-0.39, 0.29) is 17.6 Å². The summed E-state index contributed by atoms with van der Waals surface area (Å²) in [4.78, 5) is 24.2. The fourth-order valence-corrected chi connectivity index (χ4v) is 4.92. The number of carbonyl (C=O) groups excluding carboxylic acids is 2. The van der Waals surface area contributed by atoms with Crippen molar-refractivity contribution in [3.63, 3.8) is 0 Å². The van der Waals surface area contributed by atoms with Gasteiger partial charge in [-0.15, -0.1) is 5.10 Å². The van der Waals surface area contributed by atoms with E-state index in [1.807, 2.05) is 23.7 Å². The van der Waals surface area contributed by atoms with Crippen LogP contribution in [-0.4, -0.2) is 37.8 Å². The van der Waals surface area contributed by atoms with Gasteiger partial charge in [0.15, 0.2) is 0 Å². The lowest BCUT2D eigenvalue weighted by atomic mass is 9.96. The SMILES string of the molecule is Cc1ccccc1C(=O)NNC(=O)CSc1nnnn1[C@H]1C[C@H]2CC[C@@H]1C2. The molecular formula is C18H22N6O2S. The van der Waals surface area contributed by atoms with Crippen LogP contribution in [0.3, 0.4) is 0 Å². The van der Waals surface area contributed by atoms with Crippen LogP contribution in [0.25, 0.3) is 0 Å². The number of fused-ring (bicyclic) bond motifs is 2. The number of nitrogens with zero attached hydrogens (tertiary/aromatic N) is 4. The molecule has 142 valence electrons. The van der Waals surface area contributed by atoms with Gasteiger partial charge in [-0.3, -0.25) is 20.4 Å². The summed E-state index contributed by atoms with van der Waals surface area (Å²) in [5.74, 6) is 0.944. The van der Waals surface area contributed by atoms with E-state index in [9.17, 15) is 9.59 Å². The molecule has 1 heterocycles. The van der Waals surface area contributed by atoms with Gasteiger partial charge >= 0.3 is 0 Å². The molecule has 0 saturated heterocycles. The Balaban J connectivity index is 1.28. The first-order valence-corrected chi connectivity index (χ1v) is 10.2. The summed E-state index contributed by atoms with van der Waals surface area (Å²) in [6.45, 7) is 1.85. The normalized spacial score (nSPS) is 23.4. The first-order valence-electron chi connectivity index (χ1n) is 9.17. The molecule has 2 aliphatic rings. The van der Waals surface area contributed by atoms with E-state index in [1.54, 1.807) is 12.1 Å². The third-order valence-electron chi connectivity index (χ3n) is 5.52. The Morgan fingerprint density at radius 1 is 1.22 bits per heavy atom. The van der Waals surface area contributed by atoms with Crippen molar-refractivity contribution in [3.8, 4) is 0 Å².